The lowest BCUT2D eigenvalue weighted by atomic mass is 10.3. The highest BCUT2D eigenvalue weighted by atomic mass is 35.5. The second kappa shape index (κ2) is 5.65. The van der Waals surface area contributed by atoms with Crippen molar-refractivity contribution in [2.45, 2.75) is 6.54 Å². The molecule has 2 rings (SSSR count). The number of hydrogen-bond donors (Lipinski definition) is 1. The Kier molecular flexibility index (Phi) is 4.17. The number of imidazole rings is 1. The third kappa shape index (κ3) is 2.80. The minimum atomic E-state index is 0.418. The Hall–Kier alpha value is -1.16. The molecule has 6 heteroatoms. The number of nitrogens with zero attached hydrogens (tertiary/aromatic N) is 2. The van der Waals surface area contributed by atoms with Crippen LogP contribution in [0, 0.1) is 0 Å². The van der Waals surface area contributed by atoms with E-state index in [4.69, 9.17) is 34.8 Å². The van der Waals surface area contributed by atoms with Crippen molar-refractivity contribution in [3.05, 3.63) is 52.2 Å². The molecule has 1 aromatic heterocycles. The van der Waals surface area contributed by atoms with Crippen LogP contribution in [0.4, 0.5) is 11.6 Å². The van der Waals surface area contributed by atoms with Crippen molar-refractivity contribution in [1.29, 1.82) is 0 Å². The Balaban J connectivity index is 2.31. The summed E-state index contributed by atoms with van der Waals surface area (Å²) in [5.41, 5.74) is 0.655. The minimum Gasteiger partial charge on any atom is -0.324 e. The van der Waals surface area contributed by atoms with E-state index < -0.39 is 0 Å². The lowest BCUT2D eigenvalue weighted by Gasteiger charge is -2.10. The normalized spacial score (nSPS) is 10.4. The van der Waals surface area contributed by atoms with E-state index in [0.717, 1.165) is 0 Å². The highest BCUT2D eigenvalue weighted by molar-refractivity contribution is 6.44. The van der Waals surface area contributed by atoms with E-state index in [1.54, 1.807) is 24.4 Å². The van der Waals surface area contributed by atoms with E-state index in [1.165, 1.54) is 0 Å². The lowest BCUT2D eigenvalue weighted by Crippen LogP contribution is -2.02. The van der Waals surface area contributed by atoms with Gasteiger partial charge in [-0.2, -0.15) is 0 Å². The summed E-state index contributed by atoms with van der Waals surface area (Å²) < 4.78 is 1.89. The maximum Gasteiger partial charge on any atom is 0.207 e. The molecule has 0 radical (unpaired) electrons. The van der Waals surface area contributed by atoms with Crippen LogP contribution in [-0.4, -0.2) is 9.55 Å². The van der Waals surface area contributed by atoms with Crippen molar-refractivity contribution in [3.8, 4) is 0 Å². The molecule has 0 spiro atoms. The van der Waals surface area contributed by atoms with Gasteiger partial charge in [0, 0.05) is 18.9 Å². The largest absolute Gasteiger partial charge is 0.324 e. The third-order valence-corrected chi connectivity index (χ3v) is 3.33. The van der Waals surface area contributed by atoms with Gasteiger partial charge in [-0.1, -0.05) is 40.9 Å². The lowest BCUT2D eigenvalue weighted by molar-refractivity contribution is 0.833. The zero-order valence-electron chi connectivity index (χ0n) is 9.33. The first-order valence-corrected chi connectivity index (χ1v) is 6.29. The molecule has 18 heavy (non-hydrogen) atoms. The first-order valence-electron chi connectivity index (χ1n) is 5.15. The summed E-state index contributed by atoms with van der Waals surface area (Å²) in [6, 6.07) is 3.26. The zero-order valence-corrected chi connectivity index (χ0v) is 11.6. The van der Waals surface area contributed by atoms with Crippen molar-refractivity contribution in [3.63, 3.8) is 0 Å². The monoisotopic (exact) mass is 301 g/mol. The Labute approximate surface area is 120 Å². The topological polar surface area (TPSA) is 29.9 Å². The minimum absolute atomic E-state index is 0.418. The molecular weight excluding hydrogens is 293 g/mol. The Morgan fingerprint density at radius 2 is 1.94 bits per heavy atom. The van der Waals surface area contributed by atoms with E-state index in [2.05, 4.69) is 16.9 Å². The van der Waals surface area contributed by atoms with Gasteiger partial charge in [-0.15, -0.1) is 6.58 Å². The standard InChI is InChI=1S/C12H10Cl3N3/c1-2-4-18-5-3-16-12(18)17-11-7-9(14)8(13)6-10(11)15/h2-3,5-7H,1,4H2,(H,16,17). The van der Waals surface area contributed by atoms with Crippen molar-refractivity contribution in [2.75, 3.05) is 5.32 Å². The SMILES string of the molecule is C=CCn1ccnc1Nc1cc(Cl)c(Cl)cc1Cl. The first kappa shape index (κ1) is 13.3. The maximum absolute atomic E-state index is 6.09. The van der Waals surface area contributed by atoms with Crippen LogP contribution in [-0.2, 0) is 6.54 Å². The van der Waals surface area contributed by atoms with Gasteiger partial charge in [0.2, 0.25) is 5.95 Å². The molecule has 1 N–H and O–H groups in total. The van der Waals surface area contributed by atoms with E-state index in [9.17, 15) is 0 Å². The van der Waals surface area contributed by atoms with E-state index in [1.807, 2.05) is 10.8 Å². The maximum atomic E-state index is 6.09. The molecule has 94 valence electrons. The van der Waals surface area contributed by atoms with Gasteiger partial charge in [0.15, 0.2) is 0 Å². The highest BCUT2D eigenvalue weighted by Gasteiger charge is 2.08. The molecular formula is C12H10Cl3N3. The van der Waals surface area contributed by atoms with E-state index in [0.29, 0.717) is 33.2 Å². The molecule has 1 heterocycles. The van der Waals surface area contributed by atoms with Crippen LogP contribution < -0.4 is 5.32 Å². The van der Waals surface area contributed by atoms with Gasteiger partial charge in [0.25, 0.3) is 0 Å². The Morgan fingerprint density at radius 1 is 1.22 bits per heavy atom. The van der Waals surface area contributed by atoms with Gasteiger partial charge < -0.3 is 9.88 Å². The van der Waals surface area contributed by atoms with Crippen LogP contribution in [0.25, 0.3) is 0 Å². The molecule has 0 aliphatic carbocycles. The summed E-state index contributed by atoms with van der Waals surface area (Å²) in [7, 11) is 0. The predicted molar refractivity (Wildman–Crippen MR) is 77.2 cm³/mol. The molecule has 0 atom stereocenters. The number of anilines is 2. The van der Waals surface area contributed by atoms with Gasteiger partial charge >= 0.3 is 0 Å². The number of halogens is 3. The number of nitrogens with one attached hydrogen (secondary N) is 1. The van der Waals surface area contributed by atoms with Crippen LogP contribution in [0.5, 0.6) is 0 Å². The van der Waals surface area contributed by atoms with Crippen LogP contribution in [0.15, 0.2) is 37.2 Å². The number of rotatable bonds is 4. The third-order valence-electron chi connectivity index (χ3n) is 2.30. The average molecular weight is 303 g/mol. The first-order chi connectivity index (χ1) is 8.61. The molecule has 0 amide bonds. The zero-order chi connectivity index (χ0) is 13.1. The molecule has 0 aliphatic heterocycles. The molecule has 0 fully saturated rings. The van der Waals surface area contributed by atoms with Crippen LogP contribution >= 0.6 is 34.8 Å². The van der Waals surface area contributed by atoms with E-state index in [-0.39, 0.29) is 0 Å². The molecule has 0 saturated heterocycles. The molecule has 0 unspecified atom stereocenters. The quantitative estimate of drug-likeness (QED) is 0.651. The van der Waals surface area contributed by atoms with Gasteiger partial charge in [0.05, 0.1) is 20.8 Å². The fourth-order valence-corrected chi connectivity index (χ4v) is 2.05. The van der Waals surface area contributed by atoms with Crippen molar-refractivity contribution in [1.82, 2.24) is 9.55 Å². The predicted octanol–water partition coefficient (Wildman–Crippen LogP) is 4.77. The van der Waals surface area contributed by atoms with Crippen LogP contribution in [0.1, 0.15) is 0 Å². The van der Waals surface area contributed by atoms with Crippen LogP contribution in [0.2, 0.25) is 15.1 Å². The second-order valence-electron chi connectivity index (χ2n) is 3.56. The molecule has 0 saturated carbocycles. The average Bonchev–Trinajstić information content (AvgIpc) is 2.74. The van der Waals surface area contributed by atoms with Crippen molar-refractivity contribution in [2.24, 2.45) is 0 Å². The molecule has 2 aromatic rings. The number of benzene rings is 1. The Morgan fingerprint density at radius 3 is 2.67 bits per heavy atom. The molecule has 1 aromatic carbocycles. The second-order valence-corrected chi connectivity index (χ2v) is 4.78. The molecule has 0 aliphatic rings. The van der Waals surface area contributed by atoms with Gasteiger partial charge in [-0.25, -0.2) is 4.98 Å². The summed E-state index contributed by atoms with van der Waals surface area (Å²) in [6.07, 6.45) is 5.32. The molecule has 0 bridgehead atoms. The van der Waals surface area contributed by atoms with Gasteiger partial charge in [0.1, 0.15) is 0 Å². The smallest absolute Gasteiger partial charge is 0.207 e. The fraction of sp³-hybridized carbons (Fsp3) is 0.0833. The summed E-state index contributed by atoms with van der Waals surface area (Å²) in [6.45, 7) is 4.34. The summed E-state index contributed by atoms with van der Waals surface area (Å²) in [5, 5.41) is 4.44. The Bertz CT molecular complexity index is 578. The van der Waals surface area contributed by atoms with Crippen molar-refractivity contribution < 1.29 is 0 Å². The van der Waals surface area contributed by atoms with Gasteiger partial charge in [-0.05, 0) is 12.1 Å². The molecule has 3 nitrogen and oxygen atoms in total. The summed E-state index contributed by atoms with van der Waals surface area (Å²) >= 11 is 17.9. The van der Waals surface area contributed by atoms with Crippen molar-refractivity contribution >= 4 is 46.4 Å². The number of hydrogen-bond acceptors (Lipinski definition) is 2. The van der Waals surface area contributed by atoms with Crippen LogP contribution in [0.3, 0.4) is 0 Å². The highest BCUT2D eigenvalue weighted by Crippen LogP contribution is 2.33. The number of allylic oxidation sites excluding steroid dienone is 1. The van der Waals surface area contributed by atoms with Gasteiger partial charge in [-0.3, -0.25) is 0 Å². The summed E-state index contributed by atoms with van der Waals surface area (Å²) in [5.74, 6) is 0.662. The number of aromatic nitrogens is 2. The fourth-order valence-electron chi connectivity index (χ4n) is 1.46. The van der Waals surface area contributed by atoms with E-state index >= 15 is 0 Å². The summed E-state index contributed by atoms with van der Waals surface area (Å²) in [4.78, 5) is 4.19.